The van der Waals surface area contributed by atoms with Crippen LogP contribution in [0.5, 0.6) is 0 Å². The number of fused-ring (bicyclic) bond motifs is 2. The van der Waals surface area contributed by atoms with Gasteiger partial charge in [0.15, 0.2) is 5.65 Å². The van der Waals surface area contributed by atoms with E-state index in [-0.39, 0.29) is 12.2 Å². The third kappa shape index (κ3) is 4.70. The summed E-state index contributed by atoms with van der Waals surface area (Å²) in [4.78, 5) is 39.2. The highest BCUT2D eigenvalue weighted by molar-refractivity contribution is 5.73. The van der Waals surface area contributed by atoms with Gasteiger partial charge in [-0.05, 0) is 29.5 Å². The molecular weight excluding hydrogens is 416 g/mol. The number of benzene rings is 2. The van der Waals surface area contributed by atoms with Crippen molar-refractivity contribution in [1.82, 2.24) is 24.4 Å². The van der Waals surface area contributed by atoms with Gasteiger partial charge in [-0.15, -0.1) is 0 Å². The van der Waals surface area contributed by atoms with Crippen LogP contribution in [-0.4, -0.2) is 44.1 Å². The number of aromatic amines is 1. The molecule has 0 radical (unpaired) electrons. The first-order valence-corrected chi connectivity index (χ1v) is 11.2. The lowest BCUT2D eigenvalue weighted by atomic mass is 10.00. The Labute approximate surface area is 190 Å². The van der Waals surface area contributed by atoms with Crippen LogP contribution in [0.2, 0.25) is 0 Å². The Bertz CT molecular complexity index is 1380. The number of aromatic nitrogens is 4. The number of hydrogen-bond acceptors (Lipinski definition) is 6. The molecule has 8 heteroatoms. The number of anilines is 1. The zero-order valence-electron chi connectivity index (χ0n) is 18.3. The predicted octanol–water partition coefficient (Wildman–Crippen LogP) is 2.39. The van der Waals surface area contributed by atoms with E-state index < -0.39 is 11.2 Å². The van der Waals surface area contributed by atoms with Crippen molar-refractivity contribution in [3.63, 3.8) is 0 Å². The van der Waals surface area contributed by atoms with Crippen molar-refractivity contribution in [2.75, 3.05) is 25.0 Å². The first kappa shape index (κ1) is 21.1. The highest BCUT2D eigenvalue weighted by Gasteiger charge is 2.15. The quantitative estimate of drug-likeness (QED) is 0.427. The molecule has 2 N–H and O–H groups in total. The van der Waals surface area contributed by atoms with Crippen LogP contribution in [0.3, 0.4) is 0 Å². The van der Waals surface area contributed by atoms with E-state index in [1.165, 1.54) is 21.9 Å². The fraction of sp³-hybridized carbons (Fsp3) is 0.280. The van der Waals surface area contributed by atoms with Gasteiger partial charge in [-0.25, -0.2) is 9.78 Å². The average Bonchev–Trinajstić information content (AvgIpc) is 2.85. The van der Waals surface area contributed by atoms with Crippen molar-refractivity contribution in [3.05, 3.63) is 98.3 Å². The monoisotopic (exact) mass is 442 g/mol. The van der Waals surface area contributed by atoms with Crippen molar-refractivity contribution in [1.29, 1.82) is 0 Å². The van der Waals surface area contributed by atoms with Crippen LogP contribution in [0.15, 0.2) is 70.4 Å². The van der Waals surface area contributed by atoms with Crippen molar-refractivity contribution in [2.24, 2.45) is 0 Å². The largest absolute Gasteiger partial charge is 0.354 e. The Morgan fingerprint density at radius 3 is 2.64 bits per heavy atom. The highest BCUT2D eigenvalue weighted by atomic mass is 16.2. The maximum atomic E-state index is 12.8. The minimum atomic E-state index is -0.480. The van der Waals surface area contributed by atoms with Crippen molar-refractivity contribution < 1.29 is 0 Å². The van der Waals surface area contributed by atoms with Gasteiger partial charge in [-0.1, -0.05) is 54.6 Å². The van der Waals surface area contributed by atoms with Crippen LogP contribution < -0.4 is 16.6 Å². The molecule has 1 aliphatic heterocycles. The Morgan fingerprint density at radius 2 is 1.79 bits per heavy atom. The van der Waals surface area contributed by atoms with Crippen LogP contribution >= 0.6 is 0 Å². The molecule has 5 rings (SSSR count). The third-order valence-electron chi connectivity index (χ3n) is 6.06. The Kier molecular flexibility index (Phi) is 5.99. The first-order valence-electron chi connectivity index (χ1n) is 11.2. The summed E-state index contributed by atoms with van der Waals surface area (Å²) >= 11 is 0. The average molecular weight is 443 g/mol. The number of nitrogens with zero attached hydrogens (tertiary/aromatic N) is 4. The molecule has 0 spiro atoms. The van der Waals surface area contributed by atoms with Gasteiger partial charge >= 0.3 is 5.69 Å². The molecule has 168 valence electrons. The van der Waals surface area contributed by atoms with Gasteiger partial charge < -0.3 is 5.32 Å². The zero-order chi connectivity index (χ0) is 22.6. The van der Waals surface area contributed by atoms with Gasteiger partial charge in [0, 0.05) is 32.4 Å². The van der Waals surface area contributed by atoms with Crippen molar-refractivity contribution in [3.8, 4) is 0 Å². The van der Waals surface area contributed by atoms with Gasteiger partial charge in [0.2, 0.25) is 5.95 Å². The van der Waals surface area contributed by atoms with Crippen LogP contribution in [0.25, 0.3) is 11.0 Å². The van der Waals surface area contributed by atoms with E-state index >= 15 is 0 Å². The molecule has 2 aromatic heterocycles. The molecule has 0 aliphatic carbocycles. The summed E-state index contributed by atoms with van der Waals surface area (Å²) in [6, 6.07) is 18.0. The predicted molar refractivity (Wildman–Crippen MR) is 128 cm³/mol. The summed E-state index contributed by atoms with van der Waals surface area (Å²) in [5, 5.41) is 3.50. The van der Waals surface area contributed by atoms with Gasteiger partial charge in [0.25, 0.3) is 5.56 Å². The maximum absolute atomic E-state index is 12.8. The zero-order valence-corrected chi connectivity index (χ0v) is 18.3. The molecule has 1 aliphatic rings. The maximum Gasteiger partial charge on any atom is 0.330 e. The molecule has 0 amide bonds. The van der Waals surface area contributed by atoms with E-state index in [0.29, 0.717) is 17.9 Å². The Morgan fingerprint density at radius 1 is 1.00 bits per heavy atom. The SMILES string of the molecule is O=c1[nH]c2nc(NCCCN3CCc4ccccc4C3)ncc2c(=O)n1Cc1ccccc1. The van der Waals surface area contributed by atoms with E-state index in [1.807, 2.05) is 30.3 Å². The summed E-state index contributed by atoms with van der Waals surface area (Å²) in [5.74, 6) is 0.405. The van der Waals surface area contributed by atoms with Crippen molar-refractivity contribution in [2.45, 2.75) is 25.9 Å². The topological polar surface area (TPSA) is 95.9 Å². The minimum absolute atomic E-state index is 0.200. The second-order valence-corrected chi connectivity index (χ2v) is 8.34. The fourth-order valence-corrected chi connectivity index (χ4v) is 4.28. The minimum Gasteiger partial charge on any atom is -0.354 e. The molecule has 0 bridgehead atoms. The van der Waals surface area contributed by atoms with E-state index in [9.17, 15) is 9.59 Å². The van der Waals surface area contributed by atoms with Gasteiger partial charge in [-0.2, -0.15) is 4.98 Å². The molecule has 33 heavy (non-hydrogen) atoms. The number of rotatable bonds is 7. The van der Waals surface area contributed by atoms with E-state index in [0.717, 1.165) is 38.0 Å². The molecule has 0 fully saturated rings. The van der Waals surface area contributed by atoms with Crippen LogP contribution in [-0.2, 0) is 19.5 Å². The summed E-state index contributed by atoms with van der Waals surface area (Å²) in [6.45, 7) is 3.94. The second-order valence-electron chi connectivity index (χ2n) is 8.34. The standard InChI is InChI=1S/C25H26N6O2/c32-23-21-15-27-24(26-12-6-13-30-14-11-19-9-4-5-10-20(19)17-30)28-22(21)29-25(33)31(23)16-18-7-2-1-3-8-18/h1-5,7-10,15H,6,11-14,16-17H2,(H2,26,27,28,29,33). The van der Waals surface area contributed by atoms with E-state index in [2.05, 4.69) is 49.4 Å². The summed E-state index contributed by atoms with van der Waals surface area (Å²) < 4.78 is 1.17. The van der Waals surface area contributed by atoms with Crippen LogP contribution in [0.4, 0.5) is 5.95 Å². The van der Waals surface area contributed by atoms with E-state index in [1.54, 1.807) is 0 Å². The lowest BCUT2D eigenvalue weighted by Gasteiger charge is -2.28. The molecule has 0 saturated carbocycles. The molecule has 3 heterocycles. The van der Waals surface area contributed by atoms with Crippen LogP contribution in [0.1, 0.15) is 23.1 Å². The molecule has 2 aromatic carbocycles. The lowest BCUT2D eigenvalue weighted by molar-refractivity contribution is 0.253. The summed E-state index contributed by atoms with van der Waals surface area (Å²) in [5.41, 5.74) is 3.12. The number of nitrogens with one attached hydrogen (secondary N) is 2. The first-order chi connectivity index (χ1) is 16.2. The number of H-pyrrole nitrogens is 1. The van der Waals surface area contributed by atoms with Gasteiger partial charge in [-0.3, -0.25) is 19.2 Å². The summed E-state index contributed by atoms with van der Waals surface area (Å²) in [7, 11) is 0. The molecule has 0 unspecified atom stereocenters. The fourth-order valence-electron chi connectivity index (χ4n) is 4.28. The summed E-state index contributed by atoms with van der Waals surface area (Å²) in [6.07, 6.45) is 3.51. The lowest BCUT2D eigenvalue weighted by Crippen LogP contribution is -2.35. The molecule has 0 atom stereocenters. The smallest absolute Gasteiger partial charge is 0.330 e. The van der Waals surface area contributed by atoms with Crippen molar-refractivity contribution >= 4 is 17.0 Å². The molecule has 4 aromatic rings. The molecule has 0 saturated heterocycles. The normalized spacial score (nSPS) is 13.7. The number of hydrogen-bond donors (Lipinski definition) is 2. The second kappa shape index (κ2) is 9.38. The van der Waals surface area contributed by atoms with Crippen LogP contribution in [0, 0.1) is 0 Å². The molecular formula is C25H26N6O2. The van der Waals surface area contributed by atoms with E-state index in [4.69, 9.17) is 0 Å². The highest BCUT2D eigenvalue weighted by Crippen LogP contribution is 2.18. The Balaban J connectivity index is 1.21. The van der Waals surface area contributed by atoms with Gasteiger partial charge in [0.05, 0.1) is 6.54 Å². The Hall–Kier alpha value is -3.78. The van der Waals surface area contributed by atoms with Gasteiger partial charge in [0.1, 0.15) is 5.39 Å². The molecule has 8 nitrogen and oxygen atoms in total. The third-order valence-corrected chi connectivity index (χ3v) is 6.06.